The van der Waals surface area contributed by atoms with Crippen molar-refractivity contribution in [2.45, 2.75) is 39.0 Å². The minimum absolute atomic E-state index is 0.757. The maximum Gasteiger partial charge on any atom is 0.180 e. The summed E-state index contributed by atoms with van der Waals surface area (Å²) in [5, 5.41) is 3.22. The van der Waals surface area contributed by atoms with Gasteiger partial charge in [0.15, 0.2) is 5.82 Å². The van der Waals surface area contributed by atoms with Gasteiger partial charge in [-0.3, -0.25) is 4.98 Å². The van der Waals surface area contributed by atoms with Crippen LogP contribution in [0.15, 0.2) is 18.3 Å². The Kier molecular flexibility index (Phi) is 3.63. The van der Waals surface area contributed by atoms with Crippen molar-refractivity contribution in [2.75, 3.05) is 12.4 Å². The van der Waals surface area contributed by atoms with Crippen LogP contribution < -0.4 is 5.32 Å². The van der Waals surface area contributed by atoms with Crippen molar-refractivity contribution in [1.82, 2.24) is 15.0 Å². The van der Waals surface area contributed by atoms with E-state index in [1.165, 1.54) is 29.7 Å². The third kappa shape index (κ3) is 2.26. The highest BCUT2D eigenvalue weighted by Gasteiger charge is 2.19. The molecule has 0 saturated carbocycles. The largest absolute Gasteiger partial charge is 0.373 e. The number of aromatic nitrogens is 3. The molecule has 1 aliphatic carbocycles. The second-order valence-corrected chi connectivity index (χ2v) is 5.14. The van der Waals surface area contributed by atoms with Crippen molar-refractivity contribution < 1.29 is 0 Å². The van der Waals surface area contributed by atoms with Gasteiger partial charge in [-0.25, -0.2) is 9.97 Å². The van der Waals surface area contributed by atoms with E-state index in [2.05, 4.69) is 23.3 Å². The van der Waals surface area contributed by atoms with Crippen molar-refractivity contribution in [3.63, 3.8) is 0 Å². The lowest BCUT2D eigenvalue weighted by molar-refractivity contribution is 0.665. The lowest BCUT2D eigenvalue weighted by Gasteiger charge is -2.19. The molecule has 0 atom stereocenters. The molecule has 4 nitrogen and oxygen atoms in total. The summed E-state index contributed by atoms with van der Waals surface area (Å²) < 4.78 is 0. The number of aryl methyl sites for hydroxylation is 2. The molecule has 104 valence electrons. The smallest absolute Gasteiger partial charge is 0.180 e. The standard InChI is InChI=1S/C16H20N4/c1-3-11-7-6-10-18-14(11)16-19-13-9-5-4-8-12(13)15(17-2)20-16/h6-7,10H,3-5,8-9H2,1-2H3,(H,17,19,20). The number of rotatable bonds is 3. The Bertz CT molecular complexity index is 605. The highest BCUT2D eigenvalue weighted by Crippen LogP contribution is 2.28. The maximum atomic E-state index is 4.79. The van der Waals surface area contributed by atoms with E-state index in [0.717, 1.165) is 36.6 Å². The third-order valence-corrected chi connectivity index (χ3v) is 3.90. The first-order valence-corrected chi connectivity index (χ1v) is 7.35. The summed E-state index contributed by atoms with van der Waals surface area (Å²) >= 11 is 0. The summed E-state index contributed by atoms with van der Waals surface area (Å²) in [7, 11) is 1.93. The van der Waals surface area contributed by atoms with E-state index < -0.39 is 0 Å². The van der Waals surface area contributed by atoms with E-state index in [1.807, 2.05) is 19.3 Å². The van der Waals surface area contributed by atoms with Gasteiger partial charge in [-0.2, -0.15) is 0 Å². The van der Waals surface area contributed by atoms with E-state index in [9.17, 15) is 0 Å². The van der Waals surface area contributed by atoms with E-state index in [0.29, 0.717) is 0 Å². The second kappa shape index (κ2) is 5.57. The number of nitrogens with zero attached hydrogens (tertiary/aromatic N) is 3. The summed E-state index contributed by atoms with van der Waals surface area (Å²) in [5.41, 5.74) is 4.60. The molecule has 2 heterocycles. The highest BCUT2D eigenvalue weighted by atomic mass is 15.0. The Hall–Kier alpha value is -1.97. The molecule has 1 N–H and O–H groups in total. The van der Waals surface area contributed by atoms with Crippen LogP contribution in [0.1, 0.15) is 36.6 Å². The fourth-order valence-electron chi connectivity index (χ4n) is 2.83. The minimum Gasteiger partial charge on any atom is -0.373 e. The number of hydrogen-bond acceptors (Lipinski definition) is 4. The van der Waals surface area contributed by atoms with Crippen LogP contribution in [0.3, 0.4) is 0 Å². The van der Waals surface area contributed by atoms with Gasteiger partial charge in [0.2, 0.25) is 0 Å². The molecule has 20 heavy (non-hydrogen) atoms. The second-order valence-electron chi connectivity index (χ2n) is 5.14. The summed E-state index contributed by atoms with van der Waals surface area (Å²) in [5.74, 6) is 1.73. The molecule has 1 aliphatic rings. The quantitative estimate of drug-likeness (QED) is 0.929. The van der Waals surface area contributed by atoms with E-state index in [-0.39, 0.29) is 0 Å². The van der Waals surface area contributed by atoms with Gasteiger partial charge in [-0.05, 0) is 43.7 Å². The van der Waals surface area contributed by atoms with Gasteiger partial charge < -0.3 is 5.32 Å². The molecule has 0 fully saturated rings. The van der Waals surface area contributed by atoms with Crippen LogP contribution in [0, 0.1) is 0 Å². The average Bonchev–Trinajstić information content (AvgIpc) is 2.53. The van der Waals surface area contributed by atoms with Gasteiger partial charge in [0.05, 0.1) is 0 Å². The highest BCUT2D eigenvalue weighted by molar-refractivity contribution is 5.60. The molecule has 0 aliphatic heterocycles. The molecule has 0 radical (unpaired) electrons. The fraction of sp³-hybridized carbons (Fsp3) is 0.438. The van der Waals surface area contributed by atoms with Gasteiger partial charge in [0.25, 0.3) is 0 Å². The van der Waals surface area contributed by atoms with Crippen LogP contribution in [-0.4, -0.2) is 22.0 Å². The SMILES string of the molecule is CCc1cccnc1-c1nc2c(c(NC)n1)CCCC2. The molecule has 0 unspecified atom stereocenters. The van der Waals surface area contributed by atoms with Gasteiger partial charge in [0.1, 0.15) is 11.5 Å². The fourth-order valence-corrected chi connectivity index (χ4v) is 2.83. The molecule has 3 rings (SSSR count). The number of nitrogens with one attached hydrogen (secondary N) is 1. The first-order valence-electron chi connectivity index (χ1n) is 7.35. The monoisotopic (exact) mass is 268 g/mol. The van der Waals surface area contributed by atoms with Crippen molar-refractivity contribution in [3.8, 4) is 11.5 Å². The normalized spacial score (nSPS) is 13.9. The maximum absolute atomic E-state index is 4.79. The molecule has 4 heteroatoms. The lowest BCUT2D eigenvalue weighted by atomic mass is 9.96. The summed E-state index contributed by atoms with van der Waals surface area (Å²) in [6, 6.07) is 4.07. The zero-order chi connectivity index (χ0) is 13.9. The summed E-state index contributed by atoms with van der Waals surface area (Å²) in [6.45, 7) is 2.14. The zero-order valence-electron chi connectivity index (χ0n) is 12.1. The first-order chi connectivity index (χ1) is 9.83. The molecular weight excluding hydrogens is 248 g/mol. The first kappa shape index (κ1) is 13.0. The van der Waals surface area contributed by atoms with Crippen molar-refractivity contribution in [2.24, 2.45) is 0 Å². The van der Waals surface area contributed by atoms with Crippen molar-refractivity contribution >= 4 is 5.82 Å². The summed E-state index contributed by atoms with van der Waals surface area (Å²) in [6.07, 6.45) is 7.33. The lowest BCUT2D eigenvalue weighted by Crippen LogP contribution is -2.12. The molecule has 0 bridgehead atoms. The zero-order valence-corrected chi connectivity index (χ0v) is 12.1. The van der Waals surface area contributed by atoms with Crippen molar-refractivity contribution in [1.29, 1.82) is 0 Å². The minimum atomic E-state index is 0.757. The number of hydrogen-bond donors (Lipinski definition) is 1. The van der Waals surface area contributed by atoms with Gasteiger partial charge >= 0.3 is 0 Å². The molecular formula is C16H20N4. The number of anilines is 1. The molecule has 0 amide bonds. The number of pyridine rings is 1. The van der Waals surface area contributed by atoms with Crippen LogP contribution in [0.5, 0.6) is 0 Å². The molecule has 0 saturated heterocycles. The predicted molar refractivity (Wildman–Crippen MR) is 80.8 cm³/mol. The average molecular weight is 268 g/mol. The van der Waals surface area contributed by atoms with Gasteiger partial charge in [-0.1, -0.05) is 13.0 Å². The van der Waals surface area contributed by atoms with E-state index in [1.54, 1.807) is 0 Å². The number of fused-ring (bicyclic) bond motifs is 1. The molecule has 2 aromatic heterocycles. The Morgan fingerprint density at radius 3 is 2.85 bits per heavy atom. The molecule has 2 aromatic rings. The van der Waals surface area contributed by atoms with Crippen LogP contribution in [0.25, 0.3) is 11.5 Å². The summed E-state index contributed by atoms with van der Waals surface area (Å²) in [4.78, 5) is 14.0. The molecule has 0 aromatic carbocycles. The van der Waals surface area contributed by atoms with E-state index >= 15 is 0 Å². The van der Waals surface area contributed by atoms with Crippen LogP contribution >= 0.6 is 0 Å². The Labute approximate surface area is 119 Å². The van der Waals surface area contributed by atoms with Crippen LogP contribution in [0.4, 0.5) is 5.82 Å². The van der Waals surface area contributed by atoms with E-state index in [4.69, 9.17) is 9.97 Å². The third-order valence-electron chi connectivity index (χ3n) is 3.90. The van der Waals surface area contributed by atoms with Gasteiger partial charge in [0, 0.05) is 24.5 Å². The molecule has 0 spiro atoms. The topological polar surface area (TPSA) is 50.7 Å². The van der Waals surface area contributed by atoms with Gasteiger partial charge in [-0.15, -0.1) is 0 Å². The van der Waals surface area contributed by atoms with Crippen LogP contribution in [0.2, 0.25) is 0 Å². The van der Waals surface area contributed by atoms with Crippen LogP contribution in [-0.2, 0) is 19.3 Å². The predicted octanol–water partition coefficient (Wildman–Crippen LogP) is 3.02. The Morgan fingerprint density at radius 2 is 2.05 bits per heavy atom. The Balaban J connectivity index is 2.14. The Morgan fingerprint density at radius 1 is 1.20 bits per heavy atom. The van der Waals surface area contributed by atoms with Crippen molar-refractivity contribution in [3.05, 3.63) is 35.2 Å².